The van der Waals surface area contributed by atoms with Crippen molar-refractivity contribution < 1.29 is 32.8 Å². The summed E-state index contributed by atoms with van der Waals surface area (Å²) in [5.41, 5.74) is -1.48. The Morgan fingerprint density at radius 2 is 1.69 bits per heavy atom. The summed E-state index contributed by atoms with van der Waals surface area (Å²) in [7, 11) is -4.76. The second-order valence-electron chi connectivity index (χ2n) is 2.76. The maximum Gasteiger partial charge on any atom is 0.295 e. The second-order valence-corrected chi connectivity index (χ2v) is 4.15. The molecule has 0 unspecified atom stereocenters. The van der Waals surface area contributed by atoms with Crippen molar-refractivity contribution in [1.29, 1.82) is 0 Å². The molecular formula is C8H4O7S-2. The standard InChI is InChI=1S/C8H6O7S/c9-7(10)4-1-2-6(16(13,14)15)5(3-4)8(11)12/h1-3H,(H,9,10)(H,11,12)(H,13,14,15)/p-2. The molecule has 0 saturated heterocycles. The van der Waals surface area contributed by atoms with Crippen LogP contribution in [0.4, 0.5) is 0 Å². The van der Waals surface area contributed by atoms with Crippen molar-refractivity contribution >= 4 is 22.1 Å². The number of hydrogen-bond acceptors (Lipinski definition) is 6. The van der Waals surface area contributed by atoms with Crippen LogP contribution in [0.25, 0.3) is 0 Å². The molecule has 0 amide bonds. The van der Waals surface area contributed by atoms with Crippen LogP contribution < -0.4 is 10.2 Å². The highest BCUT2D eigenvalue weighted by Gasteiger charge is 2.16. The molecule has 0 aliphatic carbocycles. The number of benzene rings is 1. The van der Waals surface area contributed by atoms with Gasteiger partial charge in [0.25, 0.3) is 10.1 Å². The van der Waals surface area contributed by atoms with E-state index >= 15 is 0 Å². The van der Waals surface area contributed by atoms with Gasteiger partial charge in [0.1, 0.15) is 4.90 Å². The van der Waals surface area contributed by atoms with Gasteiger partial charge in [-0.1, -0.05) is 6.07 Å². The molecule has 0 radical (unpaired) electrons. The van der Waals surface area contributed by atoms with E-state index < -0.39 is 38.1 Å². The first kappa shape index (κ1) is 12.1. The van der Waals surface area contributed by atoms with E-state index in [4.69, 9.17) is 4.55 Å². The summed E-state index contributed by atoms with van der Waals surface area (Å²) < 4.78 is 30.1. The fourth-order valence-electron chi connectivity index (χ4n) is 1.04. The predicted octanol–water partition coefficient (Wildman–Crippen LogP) is -2.34. The lowest BCUT2D eigenvalue weighted by atomic mass is 10.1. The van der Waals surface area contributed by atoms with Crippen LogP contribution in [0.15, 0.2) is 23.1 Å². The van der Waals surface area contributed by atoms with E-state index in [0.717, 1.165) is 6.07 Å². The molecular weight excluding hydrogens is 240 g/mol. The molecule has 0 aliphatic rings. The van der Waals surface area contributed by atoms with E-state index in [-0.39, 0.29) is 0 Å². The molecule has 8 heteroatoms. The molecule has 1 aromatic rings. The number of rotatable bonds is 3. The minimum atomic E-state index is -4.76. The molecule has 7 nitrogen and oxygen atoms in total. The highest BCUT2D eigenvalue weighted by molar-refractivity contribution is 7.86. The summed E-state index contributed by atoms with van der Waals surface area (Å²) in [6.07, 6.45) is 0. The van der Waals surface area contributed by atoms with Gasteiger partial charge in [-0.25, -0.2) is 0 Å². The number of carbonyl (C=O) groups is 2. The van der Waals surface area contributed by atoms with Crippen molar-refractivity contribution in [2.75, 3.05) is 0 Å². The number of carbonyl (C=O) groups excluding carboxylic acids is 2. The molecule has 1 N–H and O–H groups in total. The maximum atomic E-state index is 10.7. The summed E-state index contributed by atoms with van der Waals surface area (Å²) in [6.45, 7) is 0. The molecule has 1 aromatic carbocycles. The normalized spacial score (nSPS) is 11.1. The molecule has 0 spiro atoms. The van der Waals surface area contributed by atoms with Gasteiger partial charge in [-0.2, -0.15) is 8.42 Å². The number of hydrogen-bond donors (Lipinski definition) is 1. The van der Waals surface area contributed by atoms with Crippen LogP contribution in [0.1, 0.15) is 20.7 Å². The Bertz CT molecular complexity index is 558. The number of aromatic carboxylic acids is 2. The van der Waals surface area contributed by atoms with Crippen LogP contribution in [0.5, 0.6) is 0 Å². The highest BCUT2D eigenvalue weighted by atomic mass is 32.2. The summed E-state index contributed by atoms with van der Waals surface area (Å²) in [5.74, 6) is -3.60. The van der Waals surface area contributed by atoms with Gasteiger partial charge in [-0.05, 0) is 17.7 Å². The third kappa shape index (κ3) is 2.35. The Morgan fingerprint density at radius 3 is 2.06 bits per heavy atom. The van der Waals surface area contributed by atoms with Crippen molar-refractivity contribution in [3.63, 3.8) is 0 Å². The van der Waals surface area contributed by atoms with Crippen molar-refractivity contribution in [3.8, 4) is 0 Å². The van der Waals surface area contributed by atoms with Gasteiger partial charge in [0.2, 0.25) is 0 Å². The number of carboxylic acid groups (broad SMARTS) is 2. The Balaban J connectivity index is 3.55. The summed E-state index contributed by atoms with van der Waals surface area (Å²) in [5, 5.41) is 20.9. The molecule has 1 rings (SSSR count). The second kappa shape index (κ2) is 3.91. The van der Waals surface area contributed by atoms with Crippen LogP contribution in [0.2, 0.25) is 0 Å². The van der Waals surface area contributed by atoms with Gasteiger partial charge in [-0.3, -0.25) is 4.55 Å². The fraction of sp³-hybridized carbons (Fsp3) is 0. The molecule has 0 heterocycles. The van der Waals surface area contributed by atoms with Crippen LogP contribution in [-0.4, -0.2) is 24.9 Å². The van der Waals surface area contributed by atoms with Crippen molar-refractivity contribution in [2.24, 2.45) is 0 Å². The summed E-state index contributed by atoms with van der Waals surface area (Å²) in [4.78, 5) is 20.0. The zero-order valence-electron chi connectivity index (χ0n) is 7.54. The van der Waals surface area contributed by atoms with Gasteiger partial charge >= 0.3 is 0 Å². The molecule has 0 aliphatic heterocycles. The van der Waals surface area contributed by atoms with E-state index in [2.05, 4.69) is 0 Å². The Labute approximate surface area is 89.7 Å². The van der Waals surface area contributed by atoms with Gasteiger partial charge in [0, 0.05) is 5.56 Å². The molecule has 0 saturated carbocycles. The first-order chi connectivity index (χ1) is 7.23. The van der Waals surface area contributed by atoms with Crippen molar-refractivity contribution in [3.05, 3.63) is 29.3 Å². The van der Waals surface area contributed by atoms with Gasteiger partial charge < -0.3 is 19.8 Å². The van der Waals surface area contributed by atoms with Crippen molar-refractivity contribution in [2.45, 2.75) is 4.90 Å². The summed E-state index contributed by atoms with van der Waals surface area (Å²) in [6, 6.07) is 1.98. The fourth-order valence-corrected chi connectivity index (χ4v) is 1.70. The molecule has 16 heavy (non-hydrogen) atoms. The van der Waals surface area contributed by atoms with Gasteiger partial charge in [-0.15, -0.1) is 0 Å². The minimum Gasteiger partial charge on any atom is -0.545 e. The van der Waals surface area contributed by atoms with E-state index in [9.17, 15) is 28.2 Å². The van der Waals surface area contributed by atoms with E-state index in [1.54, 1.807) is 0 Å². The maximum absolute atomic E-state index is 10.7. The Hall–Kier alpha value is -1.93. The quantitative estimate of drug-likeness (QED) is 0.588. The SMILES string of the molecule is O=C([O-])c1ccc(S(=O)(=O)O)c(C(=O)[O-])c1. The Morgan fingerprint density at radius 1 is 1.12 bits per heavy atom. The lowest BCUT2D eigenvalue weighted by Gasteiger charge is -2.10. The molecule has 0 fully saturated rings. The van der Waals surface area contributed by atoms with E-state index in [0.29, 0.717) is 12.1 Å². The largest absolute Gasteiger partial charge is 0.545 e. The van der Waals surface area contributed by atoms with Crippen LogP contribution >= 0.6 is 0 Å². The zero-order valence-corrected chi connectivity index (χ0v) is 8.35. The topological polar surface area (TPSA) is 135 Å². The van der Waals surface area contributed by atoms with Crippen LogP contribution in [0.3, 0.4) is 0 Å². The average molecular weight is 244 g/mol. The van der Waals surface area contributed by atoms with Gasteiger partial charge in [0.15, 0.2) is 0 Å². The van der Waals surface area contributed by atoms with Crippen LogP contribution in [0, 0.1) is 0 Å². The van der Waals surface area contributed by atoms with E-state index in [1.807, 2.05) is 0 Å². The van der Waals surface area contributed by atoms with Crippen molar-refractivity contribution in [1.82, 2.24) is 0 Å². The van der Waals surface area contributed by atoms with E-state index in [1.165, 1.54) is 0 Å². The summed E-state index contributed by atoms with van der Waals surface area (Å²) >= 11 is 0. The lowest BCUT2D eigenvalue weighted by Crippen LogP contribution is -2.27. The molecule has 0 bridgehead atoms. The van der Waals surface area contributed by atoms with Gasteiger partial charge in [0.05, 0.1) is 11.9 Å². The zero-order chi connectivity index (χ0) is 12.5. The molecule has 0 aromatic heterocycles. The molecule has 0 atom stereocenters. The lowest BCUT2D eigenvalue weighted by molar-refractivity contribution is -0.255. The third-order valence-electron chi connectivity index (χ3n) is 1.71. The smallest absolute Gasteiger partial charge is 0.295 e. The highest BCUT2D eigenvalue weighted by Crippen LogP contribution is 2.16. The van der Waals surface area contributed by atoms with Crippen LogP contribution in [-0.2, 0) is 10.1 Å². The predicted molar refractivity (Wildman–Crippen MR) is 44.9 cm³/mol. The average Bonchev–Trinajstić information content (AvgIpc) is 2.15. The monoisotopic (exact) mass is 244 g/mol. The minimum absolute atomic E-state index is 0.535. The third-order valence-corrected chi connectivity index (χ3v) is 2.62. The first-order valence-corrected chi connectivity index (χ1v) is 5.21. The molecule has 86 valence electrons. The Kier molecular flexibility index (Phi) is 2.97. The number of carboxylic acids is 2. The first-order valence-electron chi connectivity index (χ1n) is 3.77.